The third kappa shape index (κ3) is 8.05. The molecule has 0 bridgehead atoms. The normalized spacial score (nSPS) is 15.7. The summed E-state index contributed by atoms with van der Waals surface area (Å²) in [6.45, 7) is 5.69. The molecule has 8 nitrogen and oxygen atoms in total. The third-order valence-electron chi connectivity index (χ3n) is 5.89. The van der Waals surface area contributed by atoms with E-state index >= 15 is 0 Å². The molecule has 0 aromatic heterocycles. The summed E-state index contributed by atoms with van der Waals surface area (Å²) in [5, 5.41) is 25.3. The van der Waals surface area contributed by atoms with Crippen LogP contribution in [0.3, 0.4) is 0 Å². The lowest BCUT2D eigenvalue weighted by molar-refractivity contribution is -0.139. The third-order valence-corrected chi connectivity index (χ3v) is 6.98. The van der Waals surface area contributed by atoms with Gasteiger partial charge in [0.25, 0.3) is 5.91 Å². The van der Waals surface area contributed by atoms with Crippen LogP contribution < -0.4 is 16.4 Å². The molecule has 0 radical (unpaired) electrons. The summed E-state index contributed by atoms with van der Waals surface area (Å²) < 4.78 is 5.50. The van der Waals surface area contributed by atoms with Gasteiger partial charge in [-0.15, -0.1) is 11.8 Å². The number of carboxylic acids is 1. The van der Waals surface area contributed by atoms with Crippen molar-refractivity contribution in [1.29, 1.82) is 5.26 Å². The minimum absolute atomic E-state index is 0.291. The second-order valence-electron chi connectivity index (χ2n) is 8.23. The molecule has 38 heavy (non-hydrogen) atoms. The van der Waals surface area contributed by atoms with E-state index in [9.17, 15) is 14.9 Å². The largest absolute Gasteiger partial charge is 0.496 e. The van der Waals surface area contributed by atoms with E-state index in [0.29, 0.717) is 39.7 Å². The van der Waals surface area contributed by atoms with Crippen LogP contribution in [0, 0.1) is 11.3 Å². The van der Waals surface area contributed by atoms with Crippen LogP contribution >= 0.6 is 11.8 Å². The molecule has 202 valence electrons. The molecule has 1 aliphatic heterocycles. The molecule has 1 heterocycles. The number of allylic oxidation sites excluding steroid dienone is 6. The van der Waals surface area contributed by atoms with E-state index < -0.39 is 17.9 Å². The van der Waals surface area contributed by atoms with Crippen LogP contribution in [0.2, 0.25) is 0 Å². The number of carbonyl (C=O) groups is 2. The van der Waals surface area contributed by atoms with Gasteiger partial charge in [0.15, 0.2) is 0 Å². The first-order valence-electron chi connectivity index (χ1n) is 12.6. The molecule has 9 heteroatoms. The van der Waals surface area contributed by atoms with Gasteiger partial charge in [0.05, 0.1) is 17.8 Å². The van der Waals surface area contributed by atoms with Crippen LogP contribution in [0.15, 0.2) is 81.8 Å². The van der Waals surface area contributed by atoms with E-state index in [-0.39, 0.29) is 0 Å². The maximum Gasteiger partial charge on any atom is 0.326 e. The van der Waals surface area contributed by atoms with Crippen molar-refractivity contribution in [3.63, 3.8) is 0 Å². The lowest BCUT2D eigenvalue weighted by atomic mass is 10.0. The fourth-order valence-electron chi connectivity index (χ4n) is 3.79. The summed E-state index contributed by atoms with van der Waals surface area (Å²) in [6.07, 6.45) is 10.8. The van der Waals surface area contributed by atoms with Crippen molar-refractivity contribution in [3.05, 3.63) is 87.3 Å². The average molecular weight is 537 g/mol. The predicted octanol–water partition coefficient (Wildman–Crippen LogP) is 5.61. The quantitative estimate of drug-likeness (QED) is 0.303. The maximum atomic E-state index is 12.3. The zero-order chi connectivity index (χ0) is 28.1. The smallest absolute Gasteiger partial charge is 0.326 e. The monoisotopic (exact) mass is 536 g/mol. The molecule has 1 aromatic carbocycles. The molecular weight excluding hydrogens is 500 g/mol. The molecule has 1 unspecified atom stereocenters. The fraction of sp³-hybridized carbons (Fsp3) is 0.345. The van der Waals surface area contributed by atoms with Crippen molar-refractivity contribution < 1.29 is 19.4 Å². The summed E-state index contributed by atoms with van der Waals surface area (Å²) >= 11 is 1.51. The Morgan fingerprint density at radius 1 is 1.18 bits per heavy atom. The zero-order valence-electron chi connectivity index (χ0n) is 22.3. The van der Waals surface area contributed by atoms with E-state index in [2.05, 4.69) is 34.9 Å². The number of benzene rings is 1. The van der Waals surface area contributed by atoms with Crippen LogP contribution in [0.25, 0.3) is 0 Å². The Bertz CT molecular complexity index is 1200. The number of nitrogens with one attached hydrogen (secondary N) is 2. The van der Waals surface area contributed by atoms with Gasteiger partial charge in [-0.1, -0.05) is 39.0 Å². The van der Waals surface area contributed by atoms with Gasteiger partial charge in [-0.05, 0) is 67.2 Å². The molecular formula is C29H36N4O4S. The number of thioether (sulfide) groups is 1. The molecule has 2 aliphatic rings. The number of aliphatic carboxylic acids is 1. The Morgan fingerprint density at radius 2 is 1.87 bits per heavy atom. The Balaban J connectivity index is 0.00000247. The number of hydrogen-bond donors (Lipinski definition) is 4. The predicted molar refractivity (Wildman–Crippen MR) is 153 cm³/mol. The molecule has 0 saturated heterocycles. The number of nitriles is 1. The van der Waals surface area contributed by atoms with Crippen LogP contribution in [0.5, 0.6) is 0 Å². The second-order valence-corrected chi connectivity index (χ2v) is 9.22. The van der Waals surface area contributed by atoms with Gasteiger partial charge in [-0.25, -0.2) is 4.79 Å². The summed E-state index contributed by atoms with van der Waals surface area (Å²) in [5.74, 6) is -0.0296. The highest BCUT2D eigenvalue weighted by atomic mass is 32.2. The van der Waals surface area contributed by atoms with Crippen molar-refractivity contribution in [1.82, 2.24) is 5.32 Å². The Morgan fingerprint density at radius 3 is 2.47 bits per heavy atom. The van der Waals surface area contributed by atoms with Gasteiger partial charge >= 0.3 is 5.97 Å². The zero-order valence-corrected chi connectivity index (χ0v) is 23.2. The maximum absolute atomic E-state index is 12.3. The van der Waals surface area contributed by atoms with Gasteiger partial charge in [0.1, 0.15) is 23.4 Å². The number of carboxylic acid groups (broad SMARTS) is 1. The van der Waals surface area contributed by atoms with Crippen molar-refractivity contribution >= 4 is 29.3 Å². The number of carbonyl (C=O) groups excluding carboxylic acids is 1. The van der Waals surface area contributed by atoms with E-state index in [1.54, 1.807) is 38.3 Å². The number of ether oxygens (including phenoxy) is 1. The first-order valence-corrected chi connectivity index (χ1v) is 13.6. The molecule has 1 amide bonds. The van der Waals surface area contributed by atoms with Gasteiger partial charge in [0.2, 0.25) is 0 Å². The summed E-state index contributed by atoms with van der Waals surface area (Å²) in [4.78, 5) is 23.5. The van der Waals surface area contributed by atoms with Crippen LogP contribution in [0.1, 0.15) is 56.8 Å². The summed E-state index contributed by atoms with van der Waals surface area (Å²) in [6, 6.07) is 7.91. The minimum atomic E-state index is -1.07. The molecule has 1 atom stereocenters. The van der Waals surface area contributed by atoms with Crippen molar-refractivity contribution in [2.24, 2.45) is 5.73 Å². The van der Waals surface area contributed by atoms with Crippen molar-refractivity contribution in [2.75, 3.05) is 18.2 Å². The van der Waals surface area contributed by atoms with Gasteiger partial charge in [0, 0.05) is 17.0 Å². The molecule has 1 aliphatic carbocycles. The van der Waals surface area contributed by atoms with E-state index in [1.807, 2.05) is 19.9 Å². The number of anilines is 1. The minimum Gasteiger partial charge on any atom is -0.496 e. The van der Waals surface area contributed by atoms with Crippen LogP contribution in [0.4, 0.5) is 5.69 Å². The van der Waals surface area contributed by atoms with Gasteiger partial charge in [-0.2, -0.15) is 5.26 Å². The molecule has 0 fully saturated rings. The molecule has 0 saturated carbocycles. The first-order chi connectivity index (χ1) is 18.4. The molecule has 3 rings (SSSR count). The van der Waals surface area contributed by atoms with E-state index in [0.717, 1.165) is 36.2 Å². The highest BCUT2D eigenvalue weighted by molar-refractivity contribution is 8.03. The highest BCUT2D eigenvalue weighted by Gasteiger charge is 2.22. The van der Waals surface area contributed by atoms with Gasteiger partial charge in [-0.3, -0.25) is 4.79 Å². The number of rotatable bonds is 10. The number of hydrogen-bond acceptors (Lipinski definition) is 7. The second kappa shape index (κ2) is 15.4. The Labute approximate surface area is 229 Å². The SMILES string of the molecule is CC.CCC(NC(=O)c1ccc(NC2=C(C#N)C(N)=C(CCC3=C(OC)C=CCC=C3)CS2)cc1)C(=O)O. The van der Waals surface area contributed by atoms with E-state index in [4.69, 9.17) is 15.6 Å². The number of nitrogens with two attached hydrogens (primary N) is 1. The topological polar surface area (TPSA) is 137 Å². The van der Waals surface area contributed by atoms with Crippen LogP contribution in [-0.2, 0) is 9.53 Å². The summed E-state index contributed by atoms with van der Waals surface area (Å²) in [5.41, 5.74) is 10.4. The summed E-state index contributed by atoms with van der Waals surface area (Å²) in [7, 11) is 1.66. The Hall–Kier alpha value is -3.90. The van der Waals surface area contributed by atoms with Crippen LogP contribution in [-0.4, -0.2) is 35.9 Å². The number of methoxy groups -OCH3 is 1. The highest BCUT2D eigenvalue weighted by Crippen LogP contribution is 2.35. The standard InChI is InChI=1S/C27H30N4O4S.C2H6/c1-3-22(27(33)34)31-25(32)18-11-13-20(14-12-18)30-26-21(15-28)24(29)19(16-36-26)10-9-17-7-5-4-6-8-23(17)35-2;1-2/h5-8,11-14,22,30H,3-4,9-10,16,29H2,1-2H3,(H,31,32)(H,33,34);1-2H3. The lowest BCUT2D eigenvalue weighted by Gasteiger charge is -2.22. The average Bonchev–Trinajstić information content (AvgIpc) is 3.17. The molecule has 1 aromatic rings. The lowest BCUT2D eigenvalue weighted by Crippen LogP contribution is -2.40. The van der Waals surface area contributed by atoms with E-state index in [1.165, 1.54) is 11.8 Å². The van der Waals surface area contributed by atoms with Crippen molar-refractivity contribution in [2.45, 2.75) is 52.5 Å². The number of amides is 1. The fourth-order valence-corrected chi connectivity index (χ4v) is 4.89. The Kier molecular flexibility index (Phi) is 12.3. The molecule has 0 spiro atoms. The molecule has 5 N–H and O–H groups in total. The number of nitrogens with zero attached hydrogens (tertiary/aromatic N) is 1. The van der Waals surface area contributed by atoms with Crippen molar-refractivity contribution in [3.8, 4) is 6.07 Å². The first kappa shape index (κ1) is 30.3. The van der Waals surface area contributed by atoms with Gasteiger partial charge < -0.3 is 26.2 Å².